The number of piperidine rings is 1. The summed E-state index contributed by atoms with van der Waals surface area (Å²) in [5.74, 6) is 1.62. The maximum absolute atomic E-state index is 12.3. The van der Waals surface area contributed by atoms with Crippen molar-refractivity contribution < 1.29 is 4.79 Å². The molecule has 0 spiro atoms. The second kappa shape index (κ2) is 7.20. The predicted octanol–water partition coefficient (Wildman–Crippen LogP) is 4.44. The molecule has 2 atom stereocenters. The van der Waals surface area contributed by atoms with E-state index in [0.717, 1.165) is 24.9 Å². The number of hydrogen-bond acceptors (Lipinski definition) is 2. The molecule has 1 heterocycles. The van der Waals surface area contributed by atoms with Crippen LogP contribution in [0.5, 0.6) is 0 Å². The number of rotatable bonds is 3. The topological polar surface area (TPSA) is 32.3 Å². The molecule has 3 nitrogen and oxygen atoms in total. The van der Waals surface area contributed by atoms with E-state index in [1.165, 1.54) is 32.1 Å². The van der Waals surface area contributed by atoms with Gasteiger partial charge in [-0.1, -0.05) is 48.5 Å². The third kappa shape index (κ3) is 3.76. The number of fused-ring (bicyclic) bond motifs is 1. The molecule has 22 heavy (non-hydrogen) atoms. The summed E-state index contributed by atoms with van der Waals surface area (Å²) < 4.78 is 0. The Bertz CT molecular complexity index is 529. The zero-order valence-electron chi connectivity index (χ0n) is 12.7. The van der Waals surface area contributed by atoms with E-state index < -0.39 is 0 Å². The summed E-state index contributed by atoms with van der Waals surface area (Å²) in [7, 11) is 0. The first kappa shape index (κ1) is 16.1. The van der Waals surface area contributed by atoms with E-state index in [1.54, 1.807) is 18.2 Å². The molecule has 0 unspecified atom stereocenters. The number of likely N-dealkylation sites (tertiary alicyclic amines) is 1. The van der Waals surface area contributed by atoms with Crippen molar-refractivity contribution in [2.24, 2.45) is 11.8 Å². The van der Waals surface area contributed by atoms with Crippen LogP contribution in [0.25, 0.3) is 0 Å². The van der Waals surface area contributed by atoms with Crippen LogP contribution in [0.1, 0.15) is 32.1 Å². The molecule has 1 aliphatic carbocycles. The third-order valence-electron chi connectivity index (χ3n) is 4.97. The number of hydrogen-bond donors (Lipinski definition) is 1. The molecule has 0 bridgehead atoms. The predicted molar refractivity (Wildman–Crippen MR) is 91.6 cm³/mol. The lowest BCUT2D eigenvalue weighted by Crippen LogP contribution is -2.44. The maximum Gasteiger partial charge on any atom is 0.238 e. The fourth-order valence-corrected chi connectivity index (χ4v) is 4.31. The molecule has 120 valence electrons. The Labute approximate surface area is 142 Å². The molecule has 2 fully saturated rings. The van der Waals surface area contributed by atoms with Gasteiger partial charge in [-0.15, -0.1) is 0 Å². The molecular formula is C17H22Cl2N2O. The van der Waals surface area contributed by atoms with Crippen LogP contribution in [-0.2, 0) is 4.79 Å². The number of para-hydroxylation sites is 1. The fourth-order valence-electron chi connectivity index (χ4n) is 3.82. The van der Waals surface area contributed by atoms with Crippen LogP contribution in [0.3, 0.4) is 0 Å². The Morgan fingerprint density at radius 3 is 2.55 bits per heavy atom. The minimum absolute atomic E-state index is 0.0377. The highest BCUT2D eigenvalue weighted by molar-refractivity contribution is 6.39. The molecule has 1 aliphatic heterocycles. The SMILES string of the molecule is O=C(CN1CC[C@H]2CCCC[C@@H]2C1)Nc1c(Cl)cccc1Cl. The highest BCUT2D eigenvalue weighted by Gasteiger charge is 2.31. The molecule has 1 N–H and O–H groups in total. The zero-order valence-corrected chi connectivity index (χ0v) is 14.2. The van der Waals surface area contributed by atoms with E-state index in [4.69, 9.17) is 23.2 Å². The summed E-state index contributed by atoms with van der Waals surface area (Å²) >= 11 is 12.2. The number of carbonyl (C=O) groups is 1. The van der Waals surface area contributed by atoms with E-state index in [9.17, 15) is 4.79 Å². The molecule has 5 heteroatoms. The Kier molecular flexibility index (Phi) is 5.27. The number of amides is 1. The summed E-state index contributed by atoms with van der Waals surface area (Å²) in [5, 5.41) is 3.81. The van der Waals surface area contributed by atoms with Gasteiger partial charge in [0.2, 0.25) is 5.91 Å². The van der Waals surface area contributed by atoms with Crippen molar-refractivity contribution in [1.29, 1.82) is 0 Å². The van der Waals surface area contributed by atoms with Gasteiger partial charge in [-0.2, -0.15) is 0 Å². The van der Waals surface area contributed by atoms with Crippen molar-refractivity contribution >= 4 is 34.8 Å². The first-order valence-corrected chi connectivity index (χ1v) is 8.85. The Balaban J connectivity index is 1.56. The van der Waals surface area contributed by atoms with Crippen molar-refractivity contribution in [2.75, 3.05) is 25.0 Å². The van der Waals surface area contributed by atoms with Crippen molar-refractivity contribution in [3.05, 3.63) is 28.2 Å². The highest BCUT2D eigenvalue weighted by atomic mass is 35.5. The standard InChI is InChI=1S/C17H22Cl2N2O/c18-14-6-3-7-15(19)17(14)20-16(22)11-21-9-8-12-4-1-2-5-13(12)10-21/h3,6-7,12-13H,1-2,4-5,8-11H2,(H,20,22)/t12-,13-/m1/s1. The number of anilines is 1. The van der Waals surface area contributed by atoms with E-state index in [2.05, 4.69) is 10.2 Å². The Hall–Kier alpha value is -0.770. The lowest BCUT2D eigenvalue weighted by molar-refractivity contribution is -0.118. The van der Waals surface area contributed by atoms with Gasteiger partial charge in [0.05, 0.1) is 22.3 Å². The molecule has 0 aromatic heterocycles. The van der Waals surface area contributed by atoms with Gasteiger partial charge in [-0.3, -0.25) is 9.69 Å². The minimum atomic E-state index is -0.0377. The number of nitrogens with zero attached hydrogens (tertiary/aromatic N) is 1. The van der Waals surface area contributed by atoms with Crippen molar-refractivity contribution in [3.63, 3.8) is 0 Å². The van der Waals surface area contributed by atoms with Gasteiger partial charge in [0.15, 0.2) is 0 Å². The average molecular weight is 341 g/mol. The van der Waals surface area contributed by atoms with Gasteiger partial charge in [0.25, 0.3) is 0 Å². The number of halogens is 2. The molecule has 1 aromatic rings. The van der Waals surface area contributed by atoms with E-state index in [1.807, 2.05) is 0 Å². The zero-order chi connectivity index (χ0) is 15.5. The molecule has 1 saturated carbocycles. The second-order valence-corrected chi connectivity index (χ2v) is 7.29. The summed E-state index contributed by atoms with van der Waals surface area (Å²) in [4.78, 5) is 14.5. The van der Waals surface area contributed by atoms with Crippen LogP contribution >= 0.6 is 23.2 Å². The van der Waals surface area contributed by atoms with Crippen molar-refractivity contribution in [2.45, 2.75) is 32.1 Å². The number of benzene rings is 1. The van der Waals surface area contributed by atoms with Crippen LogP contribution in [0.15, 0.2) is 18.2 Å². The lowest BCUT2D eigenvalue weighted by atomic mass is 9.75. The largest absolute Gasteiger partial charge is 0.322 e. The molecule has 3 rings (SSSR count). The lowest BCUT2D eigenvalue weighted by Gasteiger charge is -2.41. The number of carbonyl (C=O) groups excluding carboxylic acids is 1. The summed E-state index contributed by atoms with van der Waals surface area (Å²) in [6, 6.07) is 5.24. The van der Waals surface area contributed by atoms with Gasteiger partial charge in [-0.25, -0.2) is 0 Å². The van der Waals surface area contributed by atoms with Crippen LogP contribution in [0.4, 0.5) is 5.69 Å². The van der Waals surface area contributed by atoms with E-state index >= 15 is 0 Å². The van der Waals surface area contributed by atoms with Crippen LogP contribution in [0.2, 0.25) is 10.0 Å². The van der Waals surface area contributed by atoms with Gasteiger partial charge >= 0.3 is 0 Å². The third-order valence-corrected chi connectivity index (χ3v) is 5.60. The molecule has 1 aromatic carbocycles. The minimum Gasteiger partial charge on any atom is -0.322 e. The van der Waals surface area contributed by atoms with Crippen LogP contribution < -0.4 is 5.32 Å². The molecule has 1 amide bonds. The molecule has 2 aliphatic rings. The van der Waals surface area contributed by atoms with Gasteiger partial charge in [-0.05, 0) is 43.4 Å². The smallest absolute Gasteiger partial charge is 0.238 e. The van der Waals surface area contributed by atoms with Crippen LogP contribution in [0, 0.1) is 11.8 Å². The Morgan fingerprint density at radius 2 is 1.82 bits per heavy atom. The monoisotopic (exact) mass is 340 g/mol. The highest BCUT2D eigenvalue weighted by Crippen LogP contribution is 2.36. The van der Waals surface area contributed by atoms with E-state index in [-0.39, 0.29) is 5.91 Å². The van der Waals surface area contributed by atoms with Gasteiger partial charge in [0.1, 0.15) is 0 Å². The quantitative estimate of drug-likeness (QED) is 0.881. The van der Waals surface area contributed by atoms with Crippen molar-refractivity contribution in [3.8, 4) is 0 Å². The normalized spacial score (nSPS) is 25.5. The first-order valence-electron chi connectivity index (χ1n) is 8.09. The van der Waals surface area contributed by atoms with Crippen molar-refractivity contribution in [1.82, 2.24) is 4.90 Å². The van der Waals surface area contributed by atoms with Crippen LogP contribution in [-0.4, -0.2) is 30.4 Å². The van der Waals surface area contributed by atoms with E-state index in [0.29, 0.717) is 22.3 Å². The molecule has 1 saturated heterocycles. The summed E-state index contributed by atoms with van der Waals surface area (Å²) in [6.07, 6.45) is 6.65. The van der Waals surface area contributed by atoms with Gasteiger partial charge in [0, 0.05) is 6.54 Å². The Morgan fingerprint density at radius 1 is 1.14 bits per heavy atom. The first-order chi connectivity index (χ1) is 10.6. The molecular weight excluding hydrogens is 319 g/mol. The average Bonchev–Trinajstić information content (AvgIpc) is 2.51. The molecule has 0 radical (unpaired) electrons. The maximum atomic E-state index is 12.3. The summed E-state index contributed by atoms with van der Waals surface area (Å²) in [5.41, 5.74) is 0.517. The van der Waals surface area contributed by atoms with Gasteiger partial charge < -0.3 is 5.32 Å². The number of nitrogens with one attached hydrogen (secondary N) is 1. The fraction of sp³-hybridized carbons (Fsp3) is 0.588. The second-order valence-electron chi connectivity index (χ2n) is 6.47. The summed E-state index contributed by atoms with van der Waals surface area (Å²) in [6.45, 7) is 2.49.